The van der Waals surface area contributed by atoms with Gasteiger partial charge in [0.05, 0.1) is 24.0 Å². The van der Waals surface area contributed by atoms with Gasteiger partial charge in [0.25, 0.3) is 0 Å². The summed E-state index contributed by atoms with van der Waals surface area (Å²) in [6, 6.07) is -0.258. The minimum atomic E-state index is -0.781. The zero-order valence-corrected chi connectivity index (χ0v) is 14.6. The standard InChI is InChI=1S/C16H23N5O2S/c1-21(11-16(23)6-4-2-3-5-7-16)15(22)19-12-10-18-20-13(12)14-17-8-9-24-14/h8-10,23H,2-7,11H2,1H3,(H,18,20)(H,19,22). The van der Waals surface area contributed by atoms with Crippen LogP contribution in [0.2, 0.25) is 0 Å². The van der Waals surface area contributed by atoms with Crippen molar-refractivity contribution in [1.29, 1.82) is 0 Å². The summed E-state index contributed by atoms with van der Waals surface area (Å²) in [5.41, 5.74) is 0.506. The number of hydrogen-bond donors (Lipinski definition) is 3. The fourth-order valence-electron chi connectivity index (χ4n) is 3.16. The predicted octanol–water partition coefficient (Wildman–Crippen LogP) is 3.08. The molecule has 3 rings (SSSR count). The molecule has 7 nitrogen and oxygen atoms in total. The number of carbonyl (C=O) groups is 1. The van der Waals surface area contributed by atoms with Crippen LogP contribution in [-0.4, -0.2) is 50.4 Å². The minimum Gasteiger partial charge on any atom is -0.388 e. The third-order valence-corrected chi connectivity index (χ3v) is 5.23. The van der Waals surface area contributed by atoms with E-state index in [0.717, 1.165) is 43.5 Å². The van der Waals surface area contributed by atoms with Crippen LogP contribution >= 0.6 is 11.3 Å². The Morgan fingerprint density at radius 3 is 2.83 bits per heavy atom. The van der Waals surface area contributed by atoms with E-state index >= 15 is 0 Å². The summed E-state index contributed by atoms with van der Waals surface area (Å²) in [5, 5.41) is 23.1. The molecule has 1 aliphatic carbocycles. The lowest BCUT2D eigenvalue weighted by Gasteiger charge is -2.31. The van der Waals surface area contributed by atoms with E-state index < -0.39 is 5.60 Å². The van der Waals surface area contributed by atoms with Crippen molar-refractivity contribution in [1.82, 2.24) is 20.1 Å². The van der Waals surface area contributed by atoms with Gasteiger partial charge in [-0.1, -0.05) is 25.7 Å². The van der Waals surface area contributed by atoms with E-state index in [0.29, 0.717) is 17.9 Å². The molecule has 8 heteroatoms. The number of aromatic nitrogens is 3. The molecule has 2 amide bonds. The summed E-state index contributed by atoms with van der Waals surface area (Å²) in [6.07, 6.45) is 9.13. The topological polar surface area (TPSA) is 94.1 Å². The number of likely N-dealkylation sites (N-methyl/N-ethyl adjacent to an activating group) is 1. The highest BCUT2D eigenvalue weighted by atomic mass is 32.1. The lowest BCUT2D eigenvalue weighted by Crippen LogP contribution is -2.45. The van der Waals surface area contributed by atoms with E-state index in [4.69, 9.17) is 0 Å². The number of carbonyl (C=O) groups excluding carboxylic acids is 1. The molecule has 0 saturated heterocycles. The van der Waals surface area contributed by atoms with Crippen LogP contribution in [-0.2, 0) is 0 Å². The van der Waals surface area contributed by atoms with Crippen molar-refractivity contribution in [2.45, 2.75) is 44.1 Å². The molecule has 1 aliphatic rings. The van der Waals surface area contributed by atoms with Crippen molar-refractivity contribution in [3.8, 4) is 10.7 Å². The molecule has 0 radical (unpaired) electrons. The van der Waals surface area contributed by atoms with E-state index in [1.807, 2.05) is 5.38 Å². The molecule has 0 atom stereocenters. The van der Waals surface area contributed by atoms with Crippen LogP contribution in [0.15, 0.2) is 17.8 Å². The molecular formula is C16H23N5O2S. The van der Waals surface area contributed by atoms with Crippen LogP contribution in [0.4, 0.5) is 10.5 Å². The number of anilines is 1. The van der Waals surface area contributed by atoms with Crippen molar-refractivity contribution >= 4 is 23.1 Å². The molecule has 2 aromatic heterocycles. The van der Waals surface area contributed by atoms with Crippen molar-refractivity contribution in [2.75, 3.05) is 18.9 Å². The average molecular weight is 349 g/mol. The number of aromatic amines is 1. The summed E-state index contributed by atoms with van der Waals surface area (Å²) in [4.78, 5) is 18.3. The quantitative estimate of drug-likeness (QED) is 0.739. The second kappa shape index (κ2) is 7.31. The Bertz CT molecular complexity index is 662. The Labute approximate surface area is 145 Å². The van der Waals surface area contributed by atoms with Crippen LogP contribution in [0.1, 0.15) is 38.5 Å². The van der Waals surface area contributed by atoms with Gasteiger partial charge in [0.15, 0.2) is 0 Å². The number of H-pyrrole nitrogens is 1. The third kappa shape index (κ3) is 3.93. The predicted molar refractivity (Wildman–Crippen MR) is 94.0 cm³/mol. The molecule has 1 saturated carbocycles. The molecule has 1 fully saturated rings. The molecule has 2 heterocycles. The Morgan fingerprint density at radius 2 is 2.17 bits per heavy atom. The van der Waals surface area contributed by atoms with Crippen molar-refractivity contribution < 1.29 is 9.90 Å². The number of nitrogens with zero attached hydrogens (tertiary/aromatic N) is 3. The van der Waals surface area contributed by atoms with Crippen molar-refractivity contribution in [3.05, 3.63) is 17.8 Å². The highest BCUT2D eigenvalue weighted by molar-refractivity contribution is 7.13. The fraction of sp³-hybridized carbons (Fsp3) is 0.562. The number of thiazole rings is 1. The number of amides is 2. The smallest absolute Gasteiger partial charge is 0.321 e. The first-order chi connectivity index (χ1) is 11.6. The number of rotatable bonds is 4. The summed E-state index contributed by atoms with van der Waals surface area (Å²) in [5.74, 6) is 0. The second-order valence-corrected chi connectivity index (χ2v) is 7.32. The zero-order chi connectivity index (χ0) is 17.0. The molecule has 2 aromatic rings. The molecular weight excluding hydrogens is 326 g/mol. The fourth-order valence-corrected chi connectivity index (χ4v) is 3.81. The highest BCUT2D eigenvalue weighted by Gasteiger charge is 2.31. The SMILES string of the molecule is CN(CC1(O)CCCCCC1)C(=O)Nc1cn[nH]c1-c1nccs1. The molecule has 24 heavy (non-hydrogen) atoms. The van der Waals surface area contributed by atoms with Crippen LogP contribution in [0.5, 0.6) is 0 Å². The van der Waals surface area contributed by atoms with Gasteiger partial charge in [-0.3, -0.25) is 5.10 Å². The number of hydrogen-bond acceptors (Lipinski definition) is 5. The first-order valence-corrected chi connectivity index (χ1v) is 9.13. The van der Waals surface area contributed by atoms with Gasteiger partial charge < -0.3 is 15.3 Å². The van der Waals surface area contributed by atoms with Crippen molar-refractivity contribution in [2.24, 2.45) is 0 Å². The van der Waals surface area contributed by atoms with Gasteiger partial charge in [-0.05, 0) is 12.8 Å². The lowest BCUT2D eigenvalue weighted by atomic mass is 9.94. The van der Waals surface area contributed by atoms with E-state index in [9.17, 15) is 9.90 Å². The Balaban J connectivity index is 1.64. The van der Waals surface area contributed by atoms with Gasteiger partial charge in [0, 0.05) is 18.6 Å². The van der Waals surface area contributed by atoms with Crippen LogP contribution < -0.4 is 5.32 Å². The van der Waals surface area contributed by atoms with Crippen LogP contribution in [0.25, 0.3) is 10.7 Å². The second-order valence-electron chi connectivity index (χ2n) is 6.42. The van der Waals surface area contributed by atoms with Crippen molar-refractivity contribution in [3.63, 3.8) is 0 Å². The Morgan fingerprint density at radius 1 is 1.42 bits per heavy atom. The maximum Gasteiger partial charge on any atom is 0.321 e. The largest absolute Gasteiger partial charge is 0.388 e. The normalized spacial score (nSPS) is 17.2. The molecule has 3 N–H and O–H groups in total. The third-order valence-electron chi connectivity index (χ3n) is 4.44. The van der Waals surface area contributed by atoms with Crippen LogP contribution in [0.3, 0.4) is 0 Å². The van der Waals surface area contributed by atoms with E-state index in [1.54, 1.807) is 24.3 Å². The summed E-state index contributed by atoms with van der Waals surface area (Å²) in [7, 11) is 1.71. The first kappa shape index (κ1) is 16.9. The maximum atomic E-state index is 12.5. The monoisotopic (exact) mass is 349 g/mol. The molecule has 0 bridgehead atoms. The van der Waals surface area contributed by atoms with E-state index in [-0.39, 0.29) is 6.03 Å². The molecule has 0 aromatic carbocycles. The van der Waals surface area contributed by atoms with Gasteiger partial charge >= 0.3 is 6.03 Å². The first-order valence-electron chi connectivity index (χ1n) is 8.25. The molecule has 0 spiro atoms. The number of aliphatic hydroxyl groups is 1. The minimum absolute atomic E-state index is 0.258. The van der Waals surface area contributed by atoms with Gasteiger partial charge in [-0.15, -0.1) is 11.3 Å². The average Bonchev–Trinajstić information content (AvgIpc) is 3.17. The summed E-state index contributed by atoms with van der Waals surface area (Å²) >= 11 is 1.47. The maximum absolute atomic E-state index is 12.5. The van der Waals surface area contributed by atoms with E-state index in [1.165, 1.54) is 11.3 Å². The number of urea groups is 1. The van der Waals surface area contributed by atoms with Gasteiger partial charge in [-0.2, -0.15) is 5.10 Å². The Kier molecular flexibility index (Phi) is 5.15. The lowest BCUT2D eigenvalue weighted by molar-refractivity contribution is 0.00582. The number of nitrogens with one attached hydrogen (secondary N) is 2. The summed E-state index contributed by atoms with van der Waals surface area (Å²) < 4.78 is 0. The van der Waals surface area contributed by atoms with Gasteiger partial charge in [-0.25, -0.2) is 9.78 Å². The van der Waals surface area contributed by atoms with Gasteiger partial charge in [0.1, 0.15) is 10.7 Å². The summed E-state index contributed by atoms with van der Waals surface area (Å²) in [6.45, 7) is 0.337. The molecule has 130 valence electrons. The molecule has 0 unspecified atom stereocenters. The van der Waals surface area contributed by atoms with Crippen LogP contribution in [0, 0.1) is 0 Å². The zero-order valence-electron chi connectivity index (χ0n) is 13.8. The van der Waals surface area contributed by atoms with Gasteiger partial charge in [0.2, 0.25) is 0 Å². The highest BCUT2D eigenvalue weighted by Crippen LogP contribution is 2.29. The Hall–Kier alpha value is -1.93. The van der Waals surface area contributed by atoms with E-state index in [2.05, 4.69) is 20.5 Å². The molecule has 0 aliphatic heterocycles.